The van der Waals surface area contributed by atoms with Crippen LogP contribution < -0.4 is 14.8 Å². The summed E-state index contributed by atoms with van der Waals surface area (Å²) in [6.45, 7) is 3.76. The van der Waals surface area contributed by atoms with Crippen LogP contribution in [0.15, 0.2) is 40.9 Å². The number of nitrogens with zero attached hydrogens (tertiary/aromatic N) is 1. The molecule has 1 amide bonds. The molecule has 2 aliphatic rings. The number of carbonyl (C=O) groups is 1. The SMILES string of the molecule is CCOc1c(Br)cc([C@@H]2Nc3ccccc3C(=O)N2C[C@@H]2CCCO2)cc1OC. The Labute approximate surface area is 179 Å². The van der Waals surface area contributed by atoms with Gasteiger partial charge < -0.3 is 24.4 Å². The van der Waals surface area contributed by atoms with Gasteiger partial charge in [0.05, 0.1) is 29.9 Å². The normalized spacial score (nSPS) is 20.9. The lowest BCUT2D eigenvalue weighted by Crippen LogP contribution is -2.46. The third kappa shape index (κ3) is 3.94. The van der Waals surface area contributed by atoms with Crippen LogP contribution in [0.3, 0.4) is 0 Å². The fourth-order valence-electron chi connectivity index (χ4n) is 3.93. The zero-order valence-electron chi connectivity index (χ0n) is 16.6. The zero-order valence-corrected chi connectivity index (χ0v) is 18.2. The number of para-hydroxylation sites is 1. The number of amides is 1. The van der Waals surface area contributed by atoms with E-state index >= 15 is 0 Å². The number of benzene rings is 2. The molecule has 6 nitrogen and oxygen atoms in total. The van der Waals surface area contributed by atoms with Crippen LogP contribution in [0.2, 0.25) is 0 Å². The summed E-state index contributed by atoms with van der Waals surface area (Å²) in [6.07, 6.45) is 1.72. The Hall–Kier alpha value is -2.25. The van der Waals surface area contributed by atoms with E-state index in [0.29, 0.717) is 30.2 Å². The van der Waals surface area contributed by atoms with Crippen LogP contribution >= 0.6 is 15.9 Å². The summed E-state index contributed by atoms with van der Waals surface area (Å²) in [5.74, 6) is 1.29. The lowest BCUT2D eigenvalue weighted by molar-refractivity contribution is 0.0426. The summed E-state index contributed by atoms with van der Waals surface area (Å²) in [5.41, 5.74) is 2.42. The van der Waals surface area contributed by atoms with Crippen molar-refractivity contribution in [1.29, 1.82) is 0 Å². The van der Waals surface area contributed by atoms with Gasteiger partial charge in [-0.05, 0) is 65.5 Å². The van der Waals surface area contributed by atoms with Gasteiger partial charge >= 0.3 is 0 Å². The first-order chi connectivity index (χ1) is 14.1. The largest absolute Gasteiger partial charge is 0.493 e. The maximum atomic E-state index is 13.4. The quantitative estimate of drug-likeness (QED) is 0.682. The Morgan fingerprint density at radius 3 is 2.86 bits per heavy atom. The first-order valence-electron chi connectivity index (χ1n) is 9.90. The first-order valence-corrected chi connectivity index (χ1v) is 10.7. The molecule has 4 rings (SSSR count). The van der Waals surface area contributed by atoms with Gasteiger partial charge in [-0.1, -0.05) is 12.1 Å². The van der Waals surface area contributed by atoms with Crippen LogP contribution in [-0.2, 0) is 4.74 Å². The number of hydrogen-bond donors (Lipinski definition) is 1. The molecule has 0 saturated carbocycles. The number of hydrogen-bond acceptors (Lipinski definition) is 5. The molecule has 2 aromatic rings. The lowest BCUT2D eigenvalue weighted by Gasteiger charge is -2.39. The molecule has 2 heterocycles. The standard InChI is InChI=1S/C22H25BrN2O4/c1-3-28-20-17(23)11-14(12-19(20)27-2)21-24-18-9-5-4-8-16(18)22(26)25(21)13-15-7-6-10-29-15/h4-5,8-9,11-12,15,21,24H,3,6-7,10,13H2,1-2H3/t15-,21+/m0/s1. The van der Waals surface area contributed by atoms with Gasteiger partial charge in [-0.3, -0.25) is 4.79 Å². The van der Waals surface area contributed by atoms with Gasteiger partial charge in [0, 0.05) is 18.8 Å². The topological polar surface area (TPSA) is 60.0 Å². The zero-order chi connectivity index (χ0) is 20.4. The highest BCUT2D eigenvalue weighted by Crippen LogP contribution is 2.41. The van der Waals surface area contributed by atoms with Crippen LogP contribution in [0, 0.1) is 0 Å². The average Bonchev–Trinajstić information content (AvgIpc) is 3.24. The summed E-state index contributed by atoms with van der Waals surface area (Å²) in [6, 6.07) is 11.5. The van der Waals surface area contributed by atoms with Crippen molar-refractivity contribution in [3.8, 4) is 11.5 Å². The van der Waals surface area contributed by atoms with Crippen molar-refractivity contribution in [3.05, 3.63) is 52.0 Å². The molecule has 2 atom stereocenters. The van der Waals surface area contributed by atoms with E-state index in [9.17, 15) is 4.79 Å². The van der Waals surface area contributed by atoms with Gasteiger partial charge in [-0.25, -0.2) is 0 Å². The summed E-state index contributed by atoms with van der Waals surface area (Å²) < 4.78 is 17.9. The Balaban J connectivity index is 1.74. The molecule has 2 aliphatic heterocycles. The minimum absolute atomic E-state index is 0.00354. The molecule has 0 radical (unpaired) electrons. The summed E-state index contributed by atoms with van der Waals surface area (Å²) in [4.78, 5) is 15.2. The molecule has 1 N–H and O–H groups in total. The van der Waals surface area contributed by atoms with Crippen molar-refractivity contribution < 1.29 is 19.0 Å². The van der Waals surface area contributed by atoms with Crippen molar-refractivity contribution in [2.45, 2.75) is 32.0 Å². The maximum Gasteiger partial charge on any atom is 0.257 e. The number of anilines is 1. The predicted octanol–water partition coefficient (Wildman–Crippen LogP) is 4.60. The highest BCUT2D eigenvalue weighted by molar-refractivity contribution is 9.10. The number of ether oxygens (including phenoxy) is 3. The molecule has 0 unspecified atom stereocenters. The van der Waals surface area contributed by atoms with E-state index in [4.69, 9.17) is 14.2 Å². The summed E-state index contributed by atoms with van der Waals surface area (Å²) in [7, 11) is 1.62. The molecular formula is C22H25BrN2O4. The number of carbonyl (C=O) groups excluding carboxylic acids is 1. The van der Waals surface area contributed by atoms with E-state index in [1.54, 1.807) is 7.11 Å². The van der Waals surface area contributed by atoms with Crippen molar-refractivity contribution in [2.75, 3.05) is 32.2 Å². The van der Waals surface area contributed by atoms with Crippen LogP contribution in [0.1, 0.15) is 41.9 Å². The molecule has 0 aliphatic carbocycles. The third-order valence-electron chi connectivity index (χ3n) is 5.30. The fraction of sp³-hybridized carbons (Fsp3) is 0.409. The van der Waals surface area contributed by atoms with Crippen LogP contribution in [0.25, 0.3) is 0 Å². The predicted molar refractivity (Wildman–Crippen MR) is 115 cm³/mol. The molecular weight excluding hydrogens is 436 g/mol. The Morgan fingerprint density at radius 1 is 1.31 bits per heavy atom. The number of halogens is 1. The Morgan fingerprint density at radius 2 is 2.14 bits per heavy atom. The molecule has 7 heteroatoms. The molecule has 0 aromatic heterocycles. The third-order valence-corrected chi connectivity index (χ3v) is 5.89. The van der Waals surface area contributed by atoms with Crippen molar-refractivity contribution in [2.24, 2.45) is 0 Å². The van der Waals surface area contributed by atoms with Gasteiger partial charge in [0.1, 0.15) is 6.17 Å². The van der Waals surface area contributed by atoms with E-state index in [1.165, 1.54) is 0 Å². The first kappa shape index (κ1) is 20.0. The van der Waals surface area contributed by atoms with Crippen LogP contribution in [-0.4, -0.2) is 43.8 Å². The summed E-state index contributed by atoms with van der Waals surface area (Å²) in [5, 5.41) is 3.53. The van der Waals surface area contributed by atoms with E-state index in [-0.39, 0.29) is 18.2 Å². The van der Waals surface area contributed by atoms with E-state index in [2.05, 4.69) is 21.2 Å². The second kappa shape index (κ2) is 8.63. The lowest BCUT2D eigenvalue weighted by atomic mass is 10.0. The number of methoxy groups -OCH3 is 1. The van der Waals surface area contributed by atoms with Gasteiger partial charge in [0.25, 0.3) is 5.91 Å². The van der Waals surface area contributed by atoms with E-state index in [0.717, 1.165) is 35.2 Å². The van der Waals surface area contributed by atoms with Crippen LogP contribution in [0.5, 0.6) is 11.5 Å². The minimum atomic E-state index is -0.331. The smallest absolute Gasteiger partial charge is 0.257 e. The molecule has 0 bridgehead atoms. The molecule has 0 spiro atoms. The second-order valence-corrected chi connectivity index (χ2v) is 8.01. The van der Waals surface area contributed by atoms with E-state index < -0.39 is 0 Å². The molecule has 1 saturated heterocycles. The Kier molecular flexibility index (Phi) is 5.96. The summed E-state index contributed by atoms with van der Waals surface area (Å²) >= 11 is 3.60. The fourth-order valence-corrected chi connectivity index (χ4v) is 4.51. The number of rotatable bonds is 6. The number of nitrogens with one attached hydrogen (secondary N) is 1. The average molecular weight is 461 g/mol. The maximum absolute atomic E-state index is 13.4. The van der Waals surface area contributed by atoms with Gasteiger partial charge in [-0.15, -0.1) is 0 Å². The second-order valence-electron chi connectivity index (χ2n) is 7.15. The highest BCUT2D eigenvalue weighted by Gasteiger charge is 2.35. The van der Waals surface area contributed by atoms with E-state index in [1.807, 2.05) is 48.2 Å². The van der Waals surface area contributed by atoms with Crippen molar-refractivity contribution in [3.63, 3.8) is 0 Å². The molecule has 1 fully saturated rings. The monoisotopic (exact) mass is 460 g/mol. The van der Waals surface area contributed by atoms with Gasteiger partial charge in [0.15, 0.2) is 11.5 Å². The van der Waals surface area contributed by atoms with Crippen molar-refractivity contribution >= 4 is 27.5 Å². The minimum Gasteiger partial charge on any atom is -0.493 e. The van der Waals surface area contributed by atoms with Crippen LogP contribution in [0.4, 0.5) is 5.69 Å². The Bertz CT molecular complexity index is 898. The molecule has 2 aromatic carbocycles. The molecule has 29 heavy (non-hydrogen) atoms. The number of fused-ring (bicyclic) bond motifs is 1. The highest BCUT2D eigenvalue weighted by atomic mass is 79.9. The van der Waals surface area contributed by atoms with Crippen molar-refractivity contribution in [1.82, 2.24) is 4.90 Å². The van der Waals surface area contributed by atoms with Gasteiger partial charge in [0.2, 0.25) is 0 Å². The van der Waals surface area contributed by atoms with Gasteiger partial charge in [-0.2, -0.15) is 0 Å². The molecule has 154 valence electrons.